The first-order valence-electron chi connectivity index (χ1n) is 11.4. The van der Waals surface area contributed by atoms with E-state index in [9.17, 15) is 9.90 Å². The maximum absolute atomic E-state index is 11.1. The van der Waals surface area contributed by atoms with Gasteiger partial charge < -0.3 is 24.4 Å². The molecular weight excluding hydrogens is 446 g/mol. The van der Waals surface area contributed by atoms with Gasteiger partial charge in [0.05, 0.1) is 13.7 Å². The van der Waals surface area contributed by atoms with Crippen LogP contribution in [0.4, 0.5) is 0 Å². The second-order valence-electron chi connectivity index (χ2n) is 8.24. The number of aliphatic carboxylic acids is 1. The molecule has 1 aliphatic heterocycles. The summed E-state index contributed by atoms with van der Waals surface area (Å²) in [4.78, 5) is 11.1. The third kappa shape index (κ3) is 5.65. The molecular formula is C28H29NO6. The molecule has 3 N–H and O–H groups in total. The summed E-state index contributed by atoms with van der Waals surface area (Å²) in [6.45, 7) is 3.00. The largest absolute Gasteiger partial charge is 0.496 e. The van der Waals surface area contributed by atoms with Crippen LogP contribution in [0.2, 0.25) is 0 Å². The highest BCUT2D eigenvalue weighted by Crippen LogP contribution is 2.36. The average Bonchev–Trinajstić information content (AvgIpc) is 2.88. The van der Waals surface area contributed by atoms with E-state index in [0.717, 1.165) is 44.9 Å². The molecule has 1 unspecified atom stereocenters. The first kappa shape index (κ1) is 24.3. The average molecular weight is 476 g/mol. The van der Waals surface area contributed by atoms with Crippen LogP contribution in [-0.2, 0) is 11.3 Å². The Kier molecular flexibility index (Phi) is 7.70. The predicted octanol–water partition coefficient (Wildman–Crippen LogP) is 4.15. The number of carbonyl (C=O) groups is 1. The Bertz CT molecular complexity index is 1240. The number of benzene rings is 3. The van der Waals surface area contributed by atoms with E-state index in [4.69, 9.17) is 19.3 Å². The molecule has 3 aromatic carbocycles. The quantitative estimate of drug-likeness (QED) is 0.400. The van der Waals surface area contributed by atoms with Crippen LogP contribution in [0.1, 0.15) is 22.3 Å². The van der Waals surface area contributed by atoms with Crippen LogP contribution in [0.5, 0.6) is 17.2 Å². The first-order valence-corrected chi connectivity index (χ1v) is 11.4. The number of fused-ring (bicyclic) bond motifs is 1. The lowest BCUT2D eigenvalue weighted by atomic mass is 9.95. The zero-order chi connectivity index (χ0) is 24.8. The number of hydrogen-bond donors (Lipinski definition) is 3. The lowest BCUT2D eigenvalue weighted by molar-refractivity contribution is -0.140. The fourth-order valence-electron chi connectivity index (χ4n) is 4.02. The van der Waals surface area contributed by atoms with E-state index >= 15 is 0 Å². The molecule has 0 amide bonds. The Labute approximate surface area is 204 Å². The Morgan fingerprint density at radius 1 is 1.09 bits per heavy atom. The molecule has 0 bridgehead atoms. The summed E-state index contributed by atoms with van der Waals surface area (Å²) in [6.07, 6.45) is 4.08. The molecule has 7 nitrogen and oxygen atoms in total. The van der Waals surface area contributed by atoms with Crippen molar-refractivity contribution in [1.29, 1.82) is 0 Å². The van der Waals surface area contributed by atoms with Crippen LogP contribution < -0.4 is 19.5 Å². The van der Waals surface area contributed by atoms with Gasteiger partial charge in [0, 0.05) is 12.1 Å². The predicted molar refractivity (Wildman–Crippen MR) is 135 cm³/mol. The number of carboxylic acids is 1. The van der Waals surface area contributed by atoms with Gasteiger partial charge in [-0.15, -0.1) is 0 Å². The minimum Gasteiger partial charge on any atom is -0.496 e. The molecule has 1 aliphatic rings. The van der Waals surface area contributed by atoms with Crippen molar-refractivity contribution in [2.24, 2.45) is 0 Å². The fourth-order valence-corrected chi connectivity index (χ4v) is 4.02. The van der Waals surface area contributed by atoms with Gasteiger partial charge in [0.2, 0.25) is 0 Å². The summed E-state index contributed by atoms with van der Waals surface area (Å²) in [6, 6.07) is 16.9. The number of rotatable bonds is 9. The Morgan fingerprint density at radius 3 is 2.63 bits per heavy atom. The highest BCUT2D eigenvalue weighted by molar-refractivity contribution is 5.78. The second-order valence-corrected chi connectivity index (χ2v) is 8.24. The molecule has 35 heavy (non-hydrogen) atoms. The zero-order valence-electron chi connectivity index (χ0n) is 19.8. The van der Waals surface area contributed by atoms with E-state index in [1.807, 2.05) is 48.5 Å². The van der Waals surface area contributed by atoms with Crippen LogP contribution in [-0.4, -0.2) is 49.2 Å². The van der Waals surface area contributed by atoms with Gasteiger partial charge in [0.25, 0.3) is 0 Å². The molecule has 1 atom stereocenters. The normalized spacial score (nSPS) is 13.6. The summed E-state index contributed by atoms with van der Waals surface area (Å²) in [7, 11) is 1.58. The standard InChI is InChI=1S/C28H29NO6/c1-18-20(4-3-5-23(18)21-10-11-25-27(15-21)35-13-12-34-25)8-6-19-7-9-22(26(14-19)33-2)16-29-24(17-30)28(31)32/h3-11,14-15,24,29-30H,12-13,16-17H2,1-2H3,(H,31,32). The van der Waals surface area contributed by atoms with Crippen molar-refractivity contribution in [2.45, 2.75) is 19.5 Å². The van der Waals surface area contributed by atoms with Crippen LogP contribution in [0.3, 0.4) is 0 Å². The minimum atomic E-state index is -1.10. The summed E-state index contributed by atoms with van der Waals surface area (Å²) >= 11 is 0. The molecule has 0 aromatic heterocycles. The maximum Gasteiger partial charge on any atom is 0.323 e. The fraction of sp³-hybridized carbons (Fsp3) is 0.250. The number of aliphatic hydroxyl groups excluding tert-OH is 1. The molecule has 0 saturated heterocycles. The molecule has 4 rings (SSSR count). The highest BCUT2D eigenvalue weighted by Gasteiger charge is 2.16. The van der Waals surface area contributed by atoms with Crippen LogP contribution in [0.15, 0.2) is 54.6 Å². The SMILES string of the molecule is COc1cc(C=Cc2cccc(-c3ccc4c(c3)OCCO4)c2C)ccc1CNC(CO)C(=O)O. The first-order chi connectivity index (χ1) is 17.0. The number of carboxylic acid groups (broad SMARTS) is 1. The lowest BCUT2D eigenvalue weighted by Crippen LogP contribution is -2.39. The van der Waals surface area contributed by atoms with E-state index in [-0.39, 0.29) is 6.54 Å². The smallest absolute Gasteiger partial charge is 0.323 e. The maximum atomic E-state index is 11.1. The van der Waals surface area contributed by atoms with Gasteiger partial charge in [-0.1, -0.05) is 48.6 Å². The van der Waals surface area contributed by atoms with Gasteiger partial charge in [0.15, 0.2) is 11.5 Å². The molecule has 0 fully saturated rings. The van der Waals surface area contributed by atoms with Gasteiger partial charge in [-0.2, -0.15) is 0 Å². The van der Waals surface area contributed by atoms with Crippen molar-refractivity contribution in [3.8, 4) is 28.4 Å². The summed E-state index contributed by atoms with van der Waals surface area (Å²) in [5.74, 6) is 1.09. The summed E-state index contributed by atoms with van der Waals surface area (Å²) < 4.78 is 16.9. The molecule has 3 aromatic rings. The van der Waals surface area contributed by atoms with E-state index in [0.29, 0.717) is 19.0 Å². The number of hydrogen-bond acceptors (Lipinski definition) is 6. The Balaban J connectivity index is 1.53. The highest BCUT2D eigenvalue weighted by atomic mass is 16.6. The molecule has 7 heteroatoms. The molecule has 1 heterocycles. The topological polar surface area (TPSA) is 97.3 Å². The van der Waals surface area contributed by atoms with E-state index in [2.05, 4.69) is 30.4 Å². The van der Waals surface area contributed by atoms with Gasteiger partial charge in [-0.25, -0.2) is 0 Å². The second kappa shape index (κ2) is 11.1. The third-order valence-corrected chi connectivity index (χ3v) is 6.01. The number of aliphatic hydroxyl groups is 1. The van der Waals surface area contributed by atoms with Crippen LogP contribution in [0, 0.1) is 6.92 Å². The van der Waals surface area contributed by atoms with Crippen LogP contribution >= 0.6 is 0 Å². The van der Waals surface area contributed by atoms with Gasteiger partial charge in [-0.05, 0) is 52.9 Å². The molecule has 182 valence electrons. The van der Waals surface area contributed by atoms with E-state index in [1.54, 1.807) is 7.11 Å². The third-order valence-electron chi connectivity index (χ3n) is 6.01. The number of ether oxygens (including phenoxy) is 3. The number of methoxy groups -OCH3 is 1. The van der Waals surface area contributed by atoms with E-state index in [1.165, 1.54) is 0 Å². The van der Waals surface area contributed by atoms with Gasteiger partial charge in [0.1, 0.15) is 25.0 Å². The van der Waals surface area contributed by atoms with E-state index < -0.39 is 18.6 Å². The van der Waals surface area contributed by atoms with Crippen molar-refractivity contribution >= 4 is 18.1 Å². The zero-order valence-corrected chi connectivity index (χ0v) is 19.8. The summed E-state index contributed by atoms with van der Waals surface area (Å²) in [5.41, 5.74) is 6.20. The van der Waals surface area contributed by atoms with Crippen LogP contribution in [0.25, 0.3) is 23.3 Å². The van der Waals surface area contributed by atoms with Crippen molar-refractivity contribution < 1.29 is 29.2 Å². The molecule has 0 saturated carbocycles. The van der Waals surface area contributed by atoms with Crippen molar-refractivity contribution in [3.05, 3.63) is 76.9 Å². The van der Waals surface area contributed by atoms with Gasteiger partial charge >= 0.3 is 5.97 Å². The number of nitrogens with one attached hydrogen (secondary N) is 1. The molecule has 0 radical (unpaired) electrons. The van der Waals surface area contributed by atoms with Crippen molar-refractivity contribution in [2.75, 3.05) is 26.9 Å². The summed E-state index contributed by atoms with van der Waals surface area (Å²) in [5, 5.41) is 21.1. The molecule has 0 aliphatic carbocycles. The minimum absolute atomic E-state index is 0.265. The Morgan fingerprint density at radius 2 is 1.89 bits per heavy atom. The lowest BCUT2D eigenvalue weighted by Gasteiger charge is -2.19. The Hall–Kier alpha value is -3.81. The monoisotopic (exact) mass is 475 g/mol. The van der Waals surface area contributed by atoms with Gasteiger partial charge in [-0.3, -0.25) is 10.1 Å². The van der Waals surface area contributed by atoms with Crippen molar-refractivity contribution in [3.63, 3.8) is 0 Å². The molecule has 0 spiro atoms. The van der Waals surface area contributed by atoms with Crippen molar-refractivity contribution in [1.82, 2.24) is 5.32 Å².